The van der Waals surface area contributed by atoms with Crippen LogP contribution >= 0.6 is 0 Å². The molecule has 1 fully saturated rings. The molecule has 19 heavy (non-hydrogen) atoms. The average Bonchev–Trinajstić information content (AvgIpc) is 2.13. The Bertz CT molecular complexity index is 297. The van der Waals surface area contributed by atoms with Crippen molar-refractivity contribution in [2.24, 2.45) is 0 Å². The van der Waals surface area contributed by atoms with E-state index in [0.29, 0.717) is 22.1 Å². The van der Waals surface area contributed by atoms with Gasteiger partial charge in [0.2, 0.25) is 0 Å². The van der Waals surface area contributed by atoms with Crippen molar-refractivity contribution in [1.29, 1.82) is 0 Å². The zero-order valence-electron chi connectivity index (χ0n) is 11.6. The van der Waals surface area contributed by atoms with Crippen molar-refractivity contribution in [3.8, 4) is 0 Å². The SMILES string of the molecule is C[N+]1(C)CC[N+](C)(C)CC(=O)[O][Sn][O]C(=O)C1.[Cl-].[Cl-]. The van der Waals surface area contributed by atoms with Gasteiger partial charge < -0.3 is 24.8 Å². The first-order chi connectivity index (χ1) is 7.70. The molecule has 0 unspecified atom stereocenters. The van der Waals surface area contributed by atoms with Crippen LogP contribution in [0, 0.1) is 0 Å². The summed E-state index contributed by atoms with van der Waals surface area (Å²) in [5.41, 5.74) is 0. The summed E-state index contributed by atoms with van der Waals surface area (Å²) in [6.07, 6.45) is 0. The molecule has 0 spiro atoms. The molecule has 0 aromatic carbocycles. The van der Waals surface area contributed by atoms with Gasteiger partial charge in [0.15, 0.2) is 0 Å². The van der Waals surface area contributed by atoms with Gasteiger partial charge in [0, 0.05) is 0 Å². The number of hydrogen-bond donors (Lipinski definition) is 0. The van der Waals surface area contributed by atoms with Gasteiger partial charge in [0.05, 0.1) is 0 Å². The summed E-state index contributed by atoms with van der Waals surface area (Å²) in [6, 6.07) is 0. The van der Waals surface area contributed by atoms with Crippen LogP contribution in [0.4, 0.5) is 0 Å². The third-order valence-electron chi connectivity index (χ3n) is 2.74. The van der Waals surface area contributed by atoms with E-state index < -0.39 is 22.0 Å². The monoisotopic (exact) mass is 422 g/mol. The molecule has 112 valence electrons. The largest absolute Gasteiger partial charge is 1.00 e. The number of likely N-dealkylation sites (N-methyl/N-ethyl adjacent to an activating group) is 2. The topological polar surface area (TPSA) is 52.6 Å². The minimum Gasteiger partial charge on any atom is -1.00 e. The summed E-state index contributed by atoms with van der Waals surface area (Å²) in [7, 11) is 7.97. The minimum absolute atomic E-state index is 0. The molecule has 1 heterocycles. The van der Waals surface area contributed by atoms with Gasteiger partial charge in [-0.15, -0.1) is 0 Å². The Morgan fingerprint density at radius 2 is 1.16 bits per heavy atom. The van der Waals surface area contributed by atoms with E-state index in [4.69, 9.17) is 6.15 Å². The molecule has 0 aliphatic carbocycles. The summed E-state index contributed by atoms with van der Waals surface area (Å²) in [5.74, 6) is -0.525. The second-order valence-electron chi connectivity index (χ2n) is 5.67. The second-order valence-corrected chi connectivity index (χ2v) is 7.31. The van der Waals surface area contributed by atoms with Crippen molar-refractivity contribution in [3.63, 3.8) is 0 Å². The van der Waals surface area contributed by atoms with Crippen LogP contribution in [0.5, 0.6) is 0 Å². The van der Waals surface area contributed by atoms with Crippen molar-refractivity contribution >= 4 is 33.9 Å². The molecular formula is C10H20Cl2N2O4Sn. The van der Waals surface area contributed by atoms with E-state index in [1.54, 1.807) is 0 Å². The van der Waals surface area contributed by atoms with Crippen molar-refractivity contribution < 1.29 is 49.5 Å². The average molecular weight is 422 g/mol. The van der Waals surface area contributed by atoms with Crippen molar-refractivity contribution in [1.82, 2.24) is 0 Å². The molecule has 2 radical (unpaired) electrons. The fourth-order valence-corrected chi connectivity index (χ4v) is 2.59. The van der Waals surface area contributed by atoms with E-state index in [2.05, 4.69) is 0 Å². The maximum Gasteiger partial charge on any atom is -1.00 e. The van der Waals surface area contributed by atoms with Gasteiger partial charge in [-0.1, -0.05) is 0 Å². The van der Waals surface area contributed by atoms with Crippen LogP contribution < -0.4 is 24.8 Å². The Morgan fingerprint density at radius 1 is 0.842 bits per heavy atom. The maximum atomic E-state index is 11.5. The van der Waals surface area contributed by atoms with Crippen LogP contribution in [-0.4, -0.2) is 97.2 Å². The molecular weight excluding hydrogens is 402 g/mol. The fraction of sp³-hybridized carbons (Fsp3) is 0.800. The Hall–Kier alpha value is 0.239. The molecule has 1 saturated heterocycles. The third-order valence-corrected chi connectivity index (χ3v) is 4.51. The van der Waals surface area contributed by atoms with E-state index in [9.17, 15) is 9.59 Å². The maximum absolute atomic E-state index is 11.5. The number of hydrogen-bond acceptors (Lipinski definition) is 4. The van der Waals surface area contributed by atoms with E-state index in [-0.39, 0.29) is 36.8 Å². The van der Waals surface area contributed by atoms with Crippen LogP contribution in [0.3, 0.4) is 0 Å². The second kappa shape index (κ2) is 8.51. The summed E-state index contributed by atoms with van der Waals surface area (Å²) < 4.78 is 11.2. The van der Waals surface area contributed by atoms with Gasteiger partial charge in [0.1, 0.15) is 0 Å². The van der Waals surface area contributed by atoms with E-state index in [1.165, 1.54) is 0 Å². The quantitative estimate of drug-likeness (QED) is 0.288. The molecule has 0 bridgehead atoms. The molecule has 9 heteroatoms. The number of quaternary nitrogens is 2. The van der Waals surface area contributed by atoms with Crippen LogP contribution in [0.25, 0.3) is 0 Å². The van der Waals surface area contributed by atoms with Crippen LogP contribution in [-0.2, 0) is 15.7 Å². The van der Waals surface area contributed by atoms with Gasteiger partial charge in [0.25, 0.3) is 0 Å². The van der Waals surface area contributed by atoms with E-state index in [0.717, 1.165) is 13.1 Å². The zero-order chi connectivity index (χ0) is 13.1. The molecule has 1 aliphatic heterocycles. The summed E-state index contributed by atoms with van der Waals surface area (Å²) >= 11 is -1.79. The molecule has 0 aromatic rings. The summed E-state index contributed by atoms with van der Waals surface area (Å²) in [6.45, 7) is 2.30. The van der Waals surface area contributed by atoms with Crippen LogP contribution in [0.1, 0.15) is 0 Å². The minimum atomic E-state index is -1.79. The van der Waals surface area contributed by atoms with Gasteiger partial charge in [-0.25, -0.2) is 0 Å². The van der Waals surface area contributed by atoms with E-state index in [1.807, 2.05) is 28.2 Å². The standard InChI is InChI=1S/C10H20N2O4.2ClH.Sn/c1-11(2,7-9(13)14)5-6-12(3,4)8-10(15)16;;;/h5-8H2,1-4H3;2*1H;/q;;;+2/p-2. The fourth-order valence-electron chi connectivity index (χ4n) is 1.58. The number of carbonyl (C=O) groups excluding carboxylic acids is 2. The smallest absolute Gasteiger partial charge is 1.00 e. The number of carbonyl (C=O) groups is 2. The first-order valence-electron chi connectivity index (χ1n) is 5.49. The van der Waals surface area contributed by atoms with Crippen molar-refractivity contribution in [3.05, 3.63) is 0 Å². The first-order valence-corrected chi connectivity index (χ1v) is 7.82. The molecule has 0 atom stereocenters. The summed E-state index contributed by atoms with van der Waals surface area (Å²) in [4.78, 5) is 23.0. The zero-order valence-corrected chi connectivity index (χ0v) is 16.0. The predicted octanol–water partition coefficient (Wildman–Crippen LogP) is -7.22. The molecule has 1 rings (SSSR count). The number of rotatable bonds is 0. The Morgan fingerprint density at radius 3 is 1.47 bits per heavy atom. The molecule has 0 N–H and O–H groups in total. The Kier molecular flexibility index (Phi) is 9.64. The molecule has 0 aromatic heterocycles. The van der Waals surface area contributed by atoms with Gasteiger partial charge in [-0.2, -0.15) is 0 Å². The number of halogens is 2. The van der Waals surface area contributed by atoms with Crippen LogP contribution in [0.15, 0.2) is 0 Å². The molecule has 0 amide bonds. The van der Waals surface area contributed by atoms with Gasteiger partial charge in [-0.3, -0.25) is 0 Å². The Labute approximate surface area is 137 Å². The first kappa shape index (κ1) is 21.5. The van der Waals surface area contributed by atoms with Crippen molar-refractivity contribution in [2.75, 3.05) is 54.4 Å². The Balaban J connectivity index is 0. The van der Waals surface area contributed by atoms with Gasteiger partial charge >= 0.3 is 113 Å². The van der Waals surface area contributed by atoms with Gasteiger partial charge in [-0.05, 0) is 0 Å². The van der Waals surface area contributed by atoms with Crippen LogP contribution in [0.2, 0.25) is 0 Å². The number of nitrogens with zero attached hydrogens (tertiary/aromatic N) is 2. The molecule has 1 aliphatic rings. The molecule has 6 nitrogen and oxygen atoms in total. The predicted molar refractivity (Wildman–Crippen MR) is 61.6 cm³/mol. The van der Waals surface area contributed by atoms with Crippen molar-refractivity contribution in [2.45, 2.75) is 0 Å². The summed E-state index contributed by atoms with van der Waals surface area (Å²) in [5, 5.41) is 0. The molecule has 0 saturated carbocycles. The third kappa shape index (κ3) is 8.91. The normalized spacial score (nSPS) is 22.7. The van der Waals surface area contributed by atoms with E-state index >= 15 is 0 Å².